The molecule has 0 N–H and O–H groups in total. The molecule has 1 aromatic rings. The molecule has 2 unspecified atom stereocenters. The fourth-order valence-electron chi connectivity index (χ4n) is 4.06. The van der Waals surface area contributed by atoms with Crippen LogP contribution in [-0.4, -0.2) is 94.3 Å². The van der Waals surface area contributed by atoms with Crippen LogP contribution in [0.1, 0.15) is 35.7 Å². The normalized spacial score (nSPS) is 24.9. The third kappa shape index (κ3) is 4.52. The Labute approximate surface area is 183 Å². The molecule has 2 saturated heterocycles. The minimum Gasteiger partial charge on any atom is -0.465 e. The monoisotopic (exact) mass is 479 g/mol. The highest BCUT2D eigenvalue weighted by Gasteiger charge is 2.41. The lowest BCUT2D eigenvalue weighted by Gasteiger charge is -2.39. The molecule has 11 nitrogen and oxygen atoms in total. The van der Waals surface area contributed by atoms with Crippen LogP contribution in [0.5, 0.6) is 0 Å². The summed E-state index contributed by atoms with van der Waals surface area (Å²) in [6.07, 6.45) is -0.437. The van der Waals surface area contributed by atoms with Gasteiger partial charge in [0, 0.05) is 39.3 Å². The van der Waals surface area contributed by atoms with Crippen molar-refractivity contribution in [1.29, 1.82) is 0 Å². The number of hydrogen-bond acceptors (Lipinski definition) is 8. The number of nitrogens with zero attached hydrogens (tertiary/aromatic N) is 3. The van der Waals surface area contributed by atoms with Gasteiger partial charge in [-0.1, -0.05) is 0 Å². The van der Waals surface area contributed by atoms with E-state index in [-0.39, 0.29) is 73.5 Å². The van der Waals surface area contributed by atoms with Crippen molar-refractivity contribution in [2.45, 2.75) is 44.8 Å². The van der Waals surface area contributed by atoms with Crippen LogP contribution in [0, 0.1) is 13.8 Å². The minimum atomic E-state index is -4.09. The number of carbonyl (C=O) groups is 1. The number of sulfonamides is 1. The summed E-state index contributed by atoms with van der Waals surface area (Å²) in [5, 5.41) is 0. The fourth-order valence-corrected chi connectivity index (χ4v) is 7.60. The molecule has 1 aromatic heterocycles. The zero-order valence-electron chi connectivity index (χ0n) is 18.3. The van der Waals surface area contributed by atoms with Crippen molar-refractivity contribution in [2.24, 2.45) is 0 Å². The van der Waals surface area contributed by atoms with E-state index in [1.807, 2.05) is 13.8 Å². The zero-order chi connectivity index (χ0) is 23.1. The number of aryl methyl sites for hydroxylation is 2. The molecule has 0 saturated carbocycles. The standard InChI is InChI=1S/C18H29N3O8S2/c1-12-10-21(11-13(2)28-12)31(25,26)20-8-6-19(7-9-20)30(23,24)17-15(4)29-14(3)16(17)18(22)27-5/h12-13H,6-11H2,1-5H3. The Kier molecular flexibility index (Phi) is 6.84. The summed E-state index contributed by atoms with van der Waals surface area (Å²) in [7, 11) is -6.66. The van der Waals surface area contributed by atoms with E-state index in [1.165, 1.54) is 26.8 Å². The second kappa shape index (κ2) is 8.79. The van der Waals surface area contributed by atoms with Crippen molar-refractivity contribution < 1.29 is 35.5 Å². The summed E-state index contributed by atoms with van der Waals surface area (Å²) in [6, 6.07) is 0. The molecule has 2 aliphatic heterocycles. The fraction of sp³-hybridized carbons (Fsp3) is 0.722. The first-order valence-corrected chi connectivity index (χ1v) is 12.8. The van der Waals surface area contributed by atoms with Gasteiger partial charge in [-0.3, -0.25) is 0 Å². The van der Waals surface area contributed by atoms with Gasteiger partial charge < -0.3 is 13.9 Å². The van der Waals surface area contributed by atoms with Crippen LogP contribution in [0.3, 0.4) is 0 Å². The highest BCUT2D eigenvalue weighted by atomic mass is 32.2. The highest BCUT2D eigenvalue weighted by molar-refractivity contribution is 7.89. The van der Waals surface area contributed by atoms with Crippen LogP contribution < -0.4 is 0 Å². The first-order valence-electron chi connectivity index (χ1n) is 9.98. The molecule has 0 spiro atoms. The van der Waals surface area contributed by atoms with Crippen molar-refractivity contribution in [3.8, 4) is 0 Å². The van der Waals surface area contributed by atoms with E-state index >= 15 is 0 Å². The number of ether oxygens (including phenoxy) is 2. The SMILES string of the molecule is COC(=O)c1c(C)oc(C)c1S(=O)(=O)N1CCN(S(=O)(=O)N2CC(C)OC(C)C2)CC1. The molecule has 31 heavy (non-hydrogen) atoms. The van der Waals surface area contributed by atoms with Crippen molar-refractivity contribution >= 4 is 26.2 Å². The molecule has 0 radical (unpaired) electrons. The molecule has 2 atom stereocenters. The van der Waals surface area contributed by atoms with E-state index in [1.54, 1.807) is 0 Å². The number of rotatable bonds is 5. The maximum atomic E-state index is 13.3. The molecule has 2 aliphatic rings. The molecule has 0 amide bonds. The van der Waals surface area contributed by atoms with Crippen LogP contribution in [-0.2, 0) is 29.7 Å². The Hall–Kier alpha value is -1.51. The van der Waals surface area contributed by atoms with E-state index < -0.39 is 26.2 Å². The van der Waals surface area contributed by atoms with Crippen LogP contribution >= 0.6 is 0 Å². The van der Waals surface area contributed by atoms with Crippen LogP contribution in [0.25, 0.3) is 0 Å². The lowest BCUT2D eigenvalue weighted by Crippen LogP contribution is -2.57. The van der Waals surface area contributed by atoms with Gasteiger partial charge in [0.25, 0.3) is 10.2 Å². The maximum Gasteiger partial charge on any atom is 0.342 e. The van der Waals surface area contributed by atoms with Crippen molar-refractivity contribution in [1.82, 2.24) is 12.9 Å². The lowest BCUT2D eigenvalue weighted by atomic mass is 10.2. The number of furan rings is 1. The van der Waals surface area contributed by atoms with E-state index in [2.05, 4.69) is 0 Å². The molecule has 176 valence electrons. The lowest BCUT2D eigenvalue weighted by molar-refractivity contribution is -0.0456. The number of hydrogen-bond donors (Lipinski definition) is 0. The molecule has 0 aromatic carbocycles. The van der Waals surface area contributed by atoms with Crippen LogP contribution in [0.2, 0.25) is 0 Å². The Morgan fingerprint density at radius 2 is 1.42 bits per heavy atom. The Morgan fingerprint density at radius 3 is 1.94 bits per heavy atom. The quantitative estimate of drug-likeness (QED) is 0.554. The van der Waals surface area contributed by atoms with E-state index in [4.69, 9.17) is 13.9 Å². The first-order chi connectivity index (χ1) is 14.4. The Balaban J connectivity index is 1.79. The third-order valence-corrected chi connectivity index (χ3v) is 9.45. The summed E-state index contributed by atoms with van der Waals surface area (Å²) >= 11 is 0. The second-order valence-corrected chi connectivity index (χ2v) is 11.6. The number of esters is 1. The molecule has 0 aliphatic carbocycles. The number of piperazine rings is 1. The largest absolute Gasteiger partial charge is 0.465 e. The van der Waals surface area contributed by atoms with Crippen LogP contribution in [0.4, 0.5) is 0 Å². The van der Waals surface area contributed by atoms with Crippen molar-refractivity contribution in [3.05, 3.63) is 17.1 Å². The Bertz CT molecular complexity index is 1030. The molecule has 2 fully saturated rings. The average molecular weight is 480 g/mol. The van der Waals surface area contributed by atoms with Gasteiger partial charge in [-0.05, 0) is 27.7 Å². The Morgan fingerprint density at radius 1 is 0.903 bits per heavy atom. The summed E-state index contributed by atoms with van der Waals surface area (Å²) in [5.74, 6) is -0.561. The van der Waals surface area contributed by atoms with Gasteiger partial charge in [-0.2, -0.15) is 21.3 Å². The summed E-state index contributed by atoms with van der Waals surface area (Å²) in [6.45, 7) is 7.02. The predicted octanol–water partition coefficient (Wildman–Crippen LogP) is 0.343. The van der Waals surface area contributed by atoms with Crippen molar-refractivity contribution in [3.63, 3.8) is 0 Å². The minimum absolute atomic E-state index is 0.00508. The van der Waals surface area contributed by atoms with Gasteiger partial charge in [0.2, 0.25) is 10.0 Å². The van der Waals surface area contributed by atoms with Crippen LogP contribution in [0.15, 0.2) is 9.31 Å². The summed E-state index contributed by atoms with van der Waals surface area (Å²) < 4.78 is 72.2. The summed E-state index contributed by atoms with van der Waals surface area (Å²) in [4.78, 5) is 11.9. The highest BCUT2D eigenvalue weighted by Crippen LogP contribution is 2.31. The van der Waals surface area contributed by atoms with Gasteiger partial charge in [0.05, 0.1) is 19.3 Å². The van der Waals surface area contributed by atoms with E-state index in [0.717, 1.165) is 7.11 Å². The first kappa shape index (κ1) is 24.1. The van der Waals surface area contributed by atoms with Gasteiger partial charge in [-0.25, -0.2) is 13.2 Å². The molecular weight excluding hydrogens is 450 g/mol. The predicted molar refractivity (Wildman–Crippen MR) is 110 cm³/mol. The number of carbonyl (C=O) groups excluding carboxylic acids is 1. The third-order valence-electron chi connectivity index (χ3n) is 5.43. The number of morpholine rings is 1. The average Bonchev–Trinajstić information content (AvgIpc) is 3.01. The molecule has 3 heterocycles. The van der Waals surface area contributed by atoms with Gasteiger partial charge in [0.1, 0.15) is 22.0 Å². The topological polar surface area (TPSA) is 127 Å². The van der Waals surface area contributed by atoms with Gasteiger partial charge >= 0.3 is 5.97 Å². The van der Waals surface area contributed by atoms with Gasteiger partial charge in [0.15, 0.2) is 0 Å². The van der Waals surface area contributed by atoms with E-state index in [9.17, 15) is 21.6 Å². The zero-order valence-corrected chi connectivity index (χ0v) is 20.0. The molecule has 0 bridgehead atoms. The second-order valence-electron chi connectivity index (χ2n) is 7.80. The molecule has 13 heteroatoms. The smallest absolute Gasteiger partial charge is 0.342 e. The van der Waals surface area contributed by atoms with Crippen molar-refractivity contribution in [2.75, 3.05) is 46.4 Å². The maximum absolute atomic E-state index is 13.3. The summed E-state index contributed by atoms with van der Waals surface area (Å²) in [5.41, 5.74) is -0.133. The molecular formula is C18H29N3O8S2. The molecule has 3 rings (SSSR count). The number of methoxy groups -OCH3 is 1. The van der Waals surface area contributed by atoms with Gasteiger partial charge in [-0.15, -0.1) is 0 Å². The van der Waals surface area contributed by atoms with E-state index in [0.29, 0.717) is 0 Å².